The molecule has 2 aliphatic heterocycles. The number of carbonyl (C=O) groups excluding carboxylic acids is 1. The summed E-state index contributed by atoms with van der Waals surface area (Å²) in [7, 11) is 0. The van der Waals surface area contributed by atoms with Gasteiger partial charge in [0.2, 0.25) is 0 Å². The van der Waals surface area contributed by atoms with E-state index in [1.54, 1.807) is 12.3 Å². The lowest BCUT2D eigenvalue weighted by atomic mass is 9.92. The maximum absolute atomic E-state index is 13.7. The van der Waals surface area contributed by atoms with Gasteiger partial charge in [0.15, 0.2) is 0 Å². The van der Waals surface area contributed by atoms with E-state index in [1.807, 2.05) is 50.4 Å². The van der Waals surface area contributed by atoms with Crippen LogP contribution in [0.25, 0.3) is 11.1 Å². The Hall–Kier alpha value is -4.00. The summed E-state index contributed by atoms with van der Waals surface area (Å²) < 4.78 is 19.9. The second-order valence-corrected chi connectivity index (χ2v) is 9.11. The van der Waals surface area contributed by atoms with E-state index in [9.17, 15) is 9.18 Å². The normalized spacial score (nSPS) is 18.1. The van der Waals surface area contributed by atoms with Gasteiger partial charge in [-0.2, -0.15) is 0 Å². The van der Waals surface area contributed by atoms with Gasteiger partial charge in [0.1, 0.15) is 23.0 Å². The number of nitrogens with zero attached hydrogens (tertiary/aromatic N) is 3. The highest BCUT2D eigenvalue weighted by molar-refractivity contribution is 6.32. The first-order chi connectivity index (χ1) is 16.9. The van der Waals surface area contributed by atoms with Crippen molar-refractivity contribution in [1.82, 2.24) is 9.97 Å². The highest BCUT2D eigenvalue weighted by Gasteiger charge is 2.38. The zero-order valence-electron chi connectivity index (χ0n) is 20.0. The van der Waals surface area contributed by atoms with E-state index in [-0.39, 0.29) is 5.91 Å². The van der Waals surface area contributed by atoms with E-state index in [0.717, 1.165) is 42.2 Å². The summed E-state index contributed by atoms with van der Waals surface area (Å²) in [6, 6.07) is 14.2. The second kappa shape index (κ2) is 8.98. The number of fused-ring (bicyclic) bond motifs is 1. The highest BCUT2D eigenvalue weighted by atomic mass is 19.1. The van der Waals surface area contributed by atoms with Gasteiger partial charge >= 0.3 is 0 Å². The molecule has 7 heteroatoms. The average molecular weight is 471 g/mol. The number of rotatable bonds is 6. The van der Waals surface area contributed by atoms with Gasteiger partial charge in [-0.1, -0.05) is 6.07 Å². The van der Waals surface area contributed by atoms with Gasteiger partial charge in [0, 0.05) is 48.7 Å². The summed E-state index contributed by atoms with van der Waals surface area (Å²) in [4.78, 5) is 24.0. The SMILES string of the molecule is CCN(CCc1ccccn1)c1cc(C2=C/C(=C3\C(=O)Nc4cc(F)ccc43)OC2(C)C)ccn1. The lowest BCUT2D eigenvalue weighted by Gasteiger charge is -2.25. The molecule has 0 aliphatic carbocycles. The number of hydrogen-bond acceptors (Lipinski definition) is 5. The molecular weight excluding hydrogens is 443 g/mol. The summed E-state index contributed by atoms with van der Waals surface area (Å²) in [6.45, 7) is 7.67. The first kappa shape index (κ1) is 22.8. The van der Waals surface area contributed by atoms with Gasteiger partial charge < -0.3 is 15.0 Å². The zero-order chi connectivity index (χ0) is 24.6. The Bertz CT molecular complexity index is 1350. The molecule has 2 aliphatic rings. The molecule has 0 spiro atoms. The third-order valence-corrected chi connectivity index (χ3v) is 6.39. The molecule has 5 rings (SSSR count). The number of likely N-dealkylation sites (N-methyl/N-ethyl adjacent to an activating group) is 1. The van der Waals surface area contributed by atoms with E-state index in [1.165, 1.54) is 12.1 Å². The summed E-state index contributed by atoms with van der Waals surface area (Å²) in [5, 5.41) is 2.74. The zero-order valence-corrected chi connectivity index (χ0v) is 20.0. The van der Waals surface area contributed by atoms with Crippen molar-refractivity contribution < 1.29 is 13.9 Å². The molecule has 0 radical (unpaired) electrons. The van der Waals surface area contributed by atoms with E-state index in [4.69, 9.17) is 4.74 Å². The van der Waals surface area contributed by atoms with E-state index in [0.29, 0.717) is 22.6 Å². The number of allylic oxidation sites excluding steroid dienone is 1. The molecule has 178 valence electrons. The Morgan fingerprint density at radius 3 is 2.71 bits per heavy atom. The standard InChI is InChI=1S/C28H27FN4O2/c1-4-33(14-11-20-7-5-6-12-30-20)25-15-18(10-13-31-25)22-17-24(35-28(22,2)3)26-21-9-8-19(29)16-23(21)32-27(26)34/h5-10,12-13,15-17H,4,11,14H2,1-3H3,(H,32,34)/b26-24+. The Labute approximate surface area is 204 Å². The van der Waals surface area contributed by atoms with Crippen LogP contribution in [0.15, 0.2) is 72.8 Å². The van der Waals surface area contributed by atoms with E-state index in [2.05, 4.69) is 33.2 Å². The van der Waals surface area contributed by atoms with Crippen molar-refractivity contribution in [2.75, 3.05) is 23.3 Å². The molecule has 4 heterocycles. The van der Waals surface area contributed by atoms with E-state index >= 15 is 0 Å². The number of ether oxygens (including phenoxy) is 1. The number of aromatic nitrogens is 2. The van der Waals surface area contributed by atoms with Crippen LogP contribution in [-0.2, 0) is 16.0 Å². The molecule has 35 heavy (non-hydrogen) atoms. The van der Waals surface area contributed by atoms with Crippen LogP contribution in [0, 0.1) is 5.82 Å². The molecular formula is C28H27FN4O2. The van der Waals surface area contributed by atoms with Crippen LogP contribution in [0.2, 0.25) is 0 Å². The largest absolute Gasteiger partial charge is 0.482 e. The predicted molar refractivity (Wildman–Crippen MR) is 135 cm³/mol. The predicted octanol–water partition coefficient (Wildman–Crippen LogP) is 5.24. The Morgan fingerprint density at radius 1 is 1.09 bits per heavy atom. The van der Waals surface area contributed by atoms with Crippen molar-refractivity contribution in [3.8, 4) is 0 Å². The van der Waals surface area contributed by atoms with Crippen LogP contribution in [-0.4, -0.2) is 34.6 Å². The third kappa shape index (κ3) is 4.41. The van der Waals surface area contributed by atoms with Gasteiger partial charge in [-0.05, 0) is 74.9 Å². The number of carbonyl (C=O) groups is 1. The number of amides is 1. The first-order valence-corrected chi connectivity index (χ1v) is 11.7. The van der Waals surface area contributed by atoms with Gasteiger partial charge in [0.05, 0.1) is 11.3 Å². The summed E-state index contributed by atoms with van der Waals surface area (Å²) in [5.74, 6) is 0.662. The monoisotopic (exact) mass is 470 g/mol. The first-order valence-electron chi connectivity index (χ1n) is 11.7. The van der Waals surface area contributed by atoms with Crippen molar-refractivity contribution in [3.63, 3.8) is 0 Å². The Balaban J connectivity index is 1.47. The molecule has 0 saturated heterocycles. The second-order valence-electron chi connectivity index (χ2n) is 9.11. The number of pyridine rings is 2. The van der Waals surface area contributed by atoms with Gasteiger partial charge in [-0.15, -0.1) is 0 Å². The van der Waals surface area contributed by atoms with Crippen LogP contribution in [0.4, 0.5) is 15.9 Å². The van der Waals surface area contributed by atoms with Crippen LogP contribution >= 0.6 is 0 Å². The van der Waals surface area contributed by atoms with Crippen LogP contribution in [0.3, 0.4) is 0 Å². The Morgan fingerprint density at radius 2 is 1.94 bits per heavy atom. The number of halogens is 1. The maximum atomic E-state index is 13.7. The van der Waals surface area contributed by atoms with E-state index < -0.39 is 11.4 Å². The highest BCUT2D eigenvalue weighted by Crippen LogP contribution is 2.44. The molecule has 1 aromatic carbocycles. The average Bonchev–Trinajstić information content (AvgIpc) is 3.34. The molecule has 6 nitrogen and oxygen atoms in total. The molecule has 1 N–H and O–H groups in total. The molecule has 1 amide bonds. The van der Waals surface area contributed by atoms with Gasteiger partial charge in [-0.3, -0.25) is 9.78 Å². The minimum absolute atomic E-state index is 0.295. The molecule has 0 unspecified atom stereocenters. The maximum Gasteiger partial charge on any atom is 0.260 e. The minimum Gasteiger partial charge on any atom is -0.482 e. The molecule has 0 atom stereocenters. The summed E-state index contributed by atoms with van der Waals surface area (Å²) in [6.07, 6.45) is 6.35. The van der Waals surface area contributed by atoms with Crippen LogP contribution < -0.4 is 10.2 Å². The van der Waals surface area contributed by atoms with Crippen LogP contribution in [0.1, 0.15) is 37.6 Å². The van der Waals surface area contributed by atoms with Crippen molar-refractivity contribution in [1.29, 1.82) is 0 Å². The molecule has 0 fully saturated rings. The van der Waals surface area contributed by atoms with Crippen molar-refractivity contribution in [2.24, 2.45) is 0 Å². The molecule has 0 saturated carbocycles. The fourth-order valence-corrected chi connectivity index (χ4v) is 4.60. The molecule has 3 aromatic rings. The topological polar surface area (TPSA) is 67.4 Å². The molecule has 2 aromatic heterocycles. The van der Waals surface area contributed by atoms with Crippen molar-refractivity contribution in [3.05, 3.63) is 95.4 Å². The molecule has 0 bridgehead atoms. The minimum atomic E-state index is -0.658. The smallest absolute Gasteiger partial charge is 0.260 e. The van der Waals surface area contributed by atoms with Gasteiger partial charge in [-0.25, -0.2) is 9.37 Å². The number of anilines is 2. The van der Waals surface area contributed by atoms with Crippen molar-refractivity contribution in [2.45, 2.75) is 32.8 Å². The van der Waals surface area contributed by atoms with Crippen molar-refractivity contribution >= 4 is 28.6 Å². The van der Waals surface area contributed by atoms with Crippen LogP contribution in [0.5, 0.6) is 0 Å². The quantitative estimate of drug-likeness (QED) is 0.499. The van der Waals surface area contributed by atoms with Gasteiger partial charge in [0.25, 0.3) is 5.91 Å². The summed E-state index contributed by atoms with van der Waals surface area (Å²) >= 11 is 0. The Kier molecular flexibility index (Phi) is 5.84. The lowest BCUT2D eigenvalue weighted by molar-refractivity contribution is -0.111. The fourth-order valence-electron chi connectivity index (χ4n) is 4.60. The summed E-state index contributed by atoms with van der Waals surface area (Å²) in [5.41, 5.74) is 3.83. The fraction of sp³-hybridized carbons (Fsp3) is 0.250. The number of benzene rings is 1. The third-order valence-electron chi connectivity index (χ3n) is 6.39. The number of hydrogen-bond donors (Lipinski definition) is 1. The lowest BCUT2D eigenvalue weighted by Crippen LogP contribution is -2.27. The number of nitrogens with one attached hydrogen (secondary N) is 1.